The van der Waals surface area contributed by atoms with Gasteiger partial charge in [-0.15, -0.1) is 0 Å². The molecule has 1 N–H and O–H groups in total. The molecule has 0 radical (unpaired) electrons. The highest BCUT2D eigenvalue weighted by molar-refractivity contribution is 5.88. The Hall–Kier alpha value is -2.07. The van der Waals surface area contributed by atoms with Crippen LogP contribution in [0.25, 0.3) is 0 Å². The number of aliphatic hydroxyl groups excluding tert-OH is 1. The van der Waals surface area contributed by atoms with Crippen LogP contribution in [0.1, 0.15) is 32.4 Å². The predicted octanol–water partition coefficient (Wildman–Crippen LogP) is 3.18. The lowest BCUT2D eigenvalue weighted by molar-refractivity contribution is -0.138. The van der Waals surface area contributed by atoms with Gasteiger partial charge in [-0.1, -0.05) is 18.2 Å². The Morgan fingerprint density at radius 3 is 2.43 bits per heavy atom. The van der Waals surface area contributed by atoms with E-state index in [4.69, 9.17) is 9.47 Å². The van der Waals surface area contributed by atoms with Gasteiger partial charge in [0.1, 0.15) is 11.9 Å². The first-order valence-electron chi connectivity index (χ1n) is 6.87. The molecule has 1 aromatic rings. The van der Waals surface area contributed by atoms with Crippen LogP contribution < -0.4 is 4.74 Å². The second-order valence-electron chi connectivity index (χ2n) is 4.51. The summed E-state index contributed by atoms with van der Waals surface area (Å²) in [6.07, 6.45) is 2.62. The lowest BCUT2D eigenvalue weighted by Crippen LogP contribution is -2.07. The average molecular weight is 290 g/mol. The molecule has 0 saturated carbocycles. The van der Waals surface area contributed by atoms with Crippen LogP contribution in [-0.2, 0) is 9.53 Å². The number of aliphatic hydroxyl groups is 1. The number of carbonyl (C=O) groups is 1. The highest BCUT2D eigenvalue weighted by Crippen LogP contribution is 2.25. The van der Waals surface area contributed by atoms with Gasteiger partial charge in [-0.2, -0.15) is 0 Å². The maximum atomic E-state index is 11.6. The molecule has 114 valence electrons. The van der Waals surface area contributed by atoms with E-state index < -0.39 is 6.10 Å². The van der Waals surface area contributed by atoms with Crippen molar-refractivity contribution >= 4 is 5.97 Å². The molecule has 0 aliphatic carbocycles. The molecule has 0 spiro atoms. The number of benzene rings is 1. The molecule has 4 nitrogen and oxygen atoms in total. The van der Waals surface area contributed by atoms with Crippen LogP contribution in [0.2, 0.25) is 0 Å². The van der Waals surface area contributed by atoms with E-state index in [2.05, 4.69) is 0 Å². The molecule has 1 atom stereocenters. The third-order valence-corrected chi connectivity index (χ3v) is 3.06. The Bertz CT molecular complexity index is 526. The Morgan fingerprint density at radius 2 is 1.95 bits per heavy atom. The van der Waals surface area contributed by atoms with E-state index in [1.807, 2.05) is 6.92 Å². The zero-order chi connectivity index (χ0) is 15.8. The van der Waals surface area contributed by atoms with Crippen LogP contribution >= 0.6 is 0 Å². The number of carbonyl (C=O) groups excluding carboxylic acids is 1. The van der Waals surface area contributed by atoms with Crippen molar-refractivity contribution in [2.24, 2.45) is 0 Å². The fraction of sp³-hybridized carbons (Fsp3) is 0.353. The van der Waals surface area contributed by atoms with Crippen molar-refractivity contribution in [1.82, 2.24) is 0 Å². The Balaban J connectivity index is 2.93. The van der Waals surface area contributed by atoms with Crippen LogP contribution in [0.15, 0.2) is 47.6 Å². The van der Waals surface area contributed by atoms with Gasteiger partial charge in [-0.05, 0) is 50.1 Å². The topological polar surface area (TPSA) is 55.8 Å². The summed E-state index contributed by atoms with van der Waals surface area (Å²) in [7, 11) is 1.59. The fourth-order valence-corrected chi connectivity index (χ4v) is 1.85. The first kappa shape index (κ1) is 17.0. The fourth-order valence-electron chi connectivity index (χ4n) is 1.85. The number of rotatable bonds is 6. The first-order chi connectivity index (χ1) is 10.0. The molecule has 1 aromatic carbocycles. The van der Waals surface area contributed by atoms with Gasteiger partial charge >= 0.3 is 5.97 Å². The molecule has 1 rings (SSSR count). The standard InChI is InChI=1S/C17H22O4/c1-5-13(11-12(3)17(19)21-6-2)16(18)14-7-9-15(20-4)10-8-14/h5,7-11,16,18H,6H2,1-4H3/b12-11+,13-5+. The van der Waals surface area contributed by atoms with Crippen LogP contribution in [0.4, 0.5) is 0 Å². The quantitative estimate of drug-likeness (QED) is 0.496. The number of methoxy groups -OCH3 is 1. The van der Waals surface area contributed by atoms with Crippen LogP contribution in [0.5, 0.6) is 5.75 Å². The summed E-state index contributed by atoms with van der Waals surface area (Å²) in [5.74, 6) is 0.352. The molecule has 4 heteroatoms. The zero-order valence-corrected chi connectivity index (χ0v) is 12.9. The smallest absolute Gasteiger partial charge is 0.333 e. The summed E-state index contributed by atoms with van der Waals surface area (Å²) in [6.45, 7) is 5.57. The van der Waals surface area contributed by atoms with Crippen molar-refractivity contribution in [1.29, 1.82) is 0 Å². The number of hydrogen-bond donors (Lipinski definition) is 1. The monoisotopic (exact) mass is 290 g/mol. The van der Waals surface area contributed by atoms with E-state index in [-0.39, 0.29) is 5.97 Å². The van der Waals surface area contributed by atoms with E-state index in [1.165, 1.54) is 0 Å². The van der Waals surface area contributed by atoms with E-state index >= 15 is 0 Å². The van der Waals surface area contributed by atoms with Gasteiger partial charge in [-0.3, -0.25) is 0 Å². The van der Waals surface area contributed by atoms with Crippen molar-refractivity contribution in [3.05, 3.63) is 53.1 Å². The first-order valence-corrected chi connectivity index (χ1v) is 6.87. The van der Waals surface area contributed by atoms with Crippen LogP contribution in [-0.4, -0.2) is 24.8 Å². The summed E-state index contributed by atoms with van der Waals surface area (Å²) in [4.78, 5) is 11.6. The third kappa shape index (κ3) is 4.76. The molecule has 0 aromatic heterocycles. The normalized spacial score (nSPS) is 13.8. The molecule has 21 heavy (non-hydrogen) atoms. The minimum Gasteiger partial charge on any atom is -0.497 e. The molecule has 0 heterocycles. The van der Waals surface area contributed by atoms with Gasteiger partial charge in [0.05, 0.1) is 13.7 Å². The molecule has 0 aliphatic heterocycles. The number of ether oxygens (including phenoxy) is 2. The molecule has 0 saturated heterocycles. The molecule has 0 fully saturated rings. The van der Waals surface area contributed by atoms with Crippen molar-refractivity contribution in [3.63, 3.8) is 0 Å². The van der Waals surface area contributed by atoms with E-state index in [0.29, 0.717) is 17.8 Å². The summed E-state index contributed by atoms with van der Waals surface area (Å²) >= 11 is 0. The Kier molecular flexibility index (Phi) is 6.69. The van der Waals surface area contributed by atoms with Crippen LogP contribution in [0, 0.1) is 0 Å². The van der Waals surface area contributed by atoms with Crippen molar-refractivity contribution in [2.45, 2.75) is 26.9 Å². The average Bonchev–Trinajstić information content (AvgIpc) is 2.52. The molecular weight excluding hydrogens is 268 g/mol. The Labute approximate surface area is 125 Å². The van der Waals surface area contributed by atoms with Gasteiger partial charge < -0.3 is 14.6 Å². The lowest BCUT2D eigenvalue weighted by Gasteiger charge is -2.14. The molecule has 0 bridgehead atoms. The highest BCUT2D eigenvalue weighted by Gasteiger charge is 2.13. The van der Waals surface area contributed by atoms with E-state index in [1.54, 1.807) is 57.4 Å². The lowest BCUT2D eigenvalue weighted by atomic mass is 9.99. The molecule has 0 amide bonds. The maximum absolute atomic E-state index is 11.6. The van der Waals surface area contributed by atoms with E-state index in [9.17, 15) is 9.90 Å². The summed E-state index contributed by atoms with van der Waals surface area (Å²) in [5.41, 5.74) is 1.83. The molecule has 0 aliphatic rings. The number of esters is 1. The number of hydrogen-bond acceptors (Lipinski definition) is 4. The zero-order valence-electron chi connectivity index (χ0n) is 12.9. The highest BCUT2D eigenvalue weighted by atomic mass is 16.5. The maximum Gasteiger partial charge on any atom is 0.333 e. The van der Waals surface area contributed by atoms with Gasteiger partial charge in [0, 0.05) is 5.57 Å². The van der Waals surface area contributed by atoms with Gasteiger partial charge in [0.25, 0.3) is 0 Å². The van der Waals surface area contributed by atoms with E-state index in [0.717, 1.165) is 11.3 Å². The van der Waals surface area contributed by atoms with Gasteiger partial charge in [0.2, 0.25) is 0 Å². The SMILES string of the molecule is C/C=C(\C=C(/C)C(=O)OCC)C(O)c1ccc(OC)cc1. The van der Waals surface area contributed by atoms with Gasteiger partial charge in [-0.25, -0.2) is 4.79 Å². The summed E-state index contributed by atoms with van der Waals surface area (Å²) in [5, 5.41) is 10.4. The summed E-state index contributed by atoms with van der Waals surface area (Å²) < 4.78 is 10.0. The Morgan fingerprint density at radius 1 is 1.33 bits per heavy atom. The second kappa shape index (κ2) is 8.27. The second-order valence-corrected chi connectivity index (χ2v) is 4.51. The molecular formula is C17H22O4. The largest absolute Gasteiger partial charge is 0.497 e. The predicted molar refractivity (Wildman–Crippen MR) is 82.1 cm³/mol. The van der Waals surface area contributed by atoms with Crippen molar-refractivity contribution in [2.75, 3.05) is 13.7 Å². The minimum absolute atomic E-state index is 0.330. The van der Waals surface area contributed by atoms with Crippen LogP contribution in [0.3, 0.4) is 0 Å². The van der Waals surface area contributed by atoms with Gasteiger partial charge in [0.15, 0.2) is 0 Å². The van der Waals surface area contributed by atoms with Crippen molar-refractivity contribution in [3.8, 4) is 5.75 Å². The minimum atomic E-state index is -0.801. The third-order valence-electron chi connectivity index (χ3n) is 3.06. The molecule has 1 unspecified atom stereocenters. The van der Waals surface area contributed by atoms with Crippen molar-refractivity contribution < 1.29 is 19.4 Å². The number of allylic oxidation sites excluding steroid dienone is 1. The summed E-state index contributed by atoms with van der Waals surface area (Å²) in [6, 6.07) is 7.16.